The lowest BCUT2D eigenvalue weighted by Gasteiger charge is -2.34. The summed E-state index contributed by atoms with van der Waals surface area (Å²) in [6, 6.07) is 0. The molecule has 0 heterocycles. The summed E-state index contributed by atoms with van der Waals surface area (Å²) in [5.74, 6) is 3.37. The number of hydrogen-bond donors (Lipinski definition) is 0. The van der Waals surface area contributed by atoms with Gasteiger partial charge in [0.2, 0.25) is 0 Å². The molecule has 0 rings (SSSR count). The van der Waals surface area contributed by atoms with E-state index in [9.17, 15) is 0 Å². The van der Waals surface area contributed by atoms with Crippen molar-refractivity contribution in [1.82, 2.24) is 0 Å². The SMILES string of the molecule is CC(C)(C)C(C)(C)C.CC(C)C(C)(C)C.CC(C)C(C)(C)C.CCC(C)(C)C.CCC(C)(C)C.CCC(C)C.CCC(C)C.CCCC. The van der Waals surface area contributed by atoms with Crippen molar-refractivity contribution >= 4 is 0 Å². The molecule has 0 atom stereocenters. The van der Waals surface area contributed by atoms with Crippen LogP contribution < -0.4 is 0 Å². The van der Waals surface area contributed by atoms with E-state index in [1.165, 1.54) is 38.5 Å². The lowest BCUT2D eigenvalue weighted by Crippen LogP contribution is -2.25. The smallest absolute Gasteiger partial charge is 0.0334 e. The Hall–Kier alpha value is 0. The molecule has 0 saturated heterocycles. The van der Waals surface area contributed by atoms with E-state index in [2.05, 4.69) is 222 Å². The van der Waals surface area contributed by atoms with E-state index in [1.54, 1.807) is 0 Å². The highest BCUT2D eigenvalue weighted by Crippen LogP contribution is 2.36. The van der Waals surface area contributed by atoms with Crippen molar-refractivity contribution in [1.29, 1.82) is 0 Å². The molecule has 48 heavy (non-hydrogen) atoms. The zero-order valence-electron chi connectivity index (χ0n) is 41.6. The van der Waals surface area contributed by atoms with Crippen LogP contribution in [0.3, 0.4) is 0 Å². The second-order valence-corrected chi connectivity index (χ2v) is 22.0. The van der Waals surface area contributed by atoms with E-state index in [0.29, 0.717) is 32.5 Å². The van der Waals surface area contributed by atoms with Gasteiger partial charge in [-0.2, -0.15) is 0 Å². The zero-order chi connectivity index (χ0) is 41.6. The third-order valence-corrected chi connectivity index (χ3v) is 9.97. The summed E-state index contributed by atoms with van der Waals surface area (Å²) in [5, 5.41) is 0. The highest BCUT2D eigenvalue weighted by atomic mass is 14.3. The summed E-state index contributed by atoms with van der Waals surface area (Å²) in [4.78, 5) is 0. The summed E-state index contributed by atoms with van der Waals surface area (Å²) < 4.78 is 0. The molecule has 0 spiro atoms. The van der Waals surface area contributed by atoms with Crippen LogP contribution in [0.25, 0.3) is 0 Å². The van der Waals surface area contributed by atoms with Crippen molar-refractivity contribution in [2.24, 2.45) is 56.2 Å². The fourth-order valence-corrected chi connectivity index (χ4v) is 0. The van der Waals surface area contributed by atoms with E-state index in [1.807, 2.05) is 0 Å². The van der Waals surface area contributed by atoms with Crippen LogP contribution in [-0.2, 0) is 0 Å². The second kappa shape index (κ2) is 34.1. The van der Waals surface area contributed by atoms with Crippen LogP contribution in [-0.4, -0.2) is 0 Å². The van der Waals surface area contributed by atoms with Gasteiger partial charge in [-0.25, -0.2) is 0 Å². The minimum atomic E-state index is 0.437. The molecule has 0 fully saturated rings. The maximum atomic E-state index is 2.27. The van der Waals surface area contributed by atoms with Gasteiger partial charge in [0.15, 0.2) is 0 Å². The van der Waals surface area contributed by atoms with Gasteiger partial charge < -0.3 is 0 Å². The normalized spacial score (nSPS) is 11.8. The van der Waals surface area contributed by atoms with Crippen LogP contribution in [0.4, 0.5) is 0 Å². The molecular formula is C48H112. The molecule has 0 bridgehead atoms. The maximum absolute atomic E-state index is 2.27. The van der Waals surface area contributed by atoms with Crippen molar-refractivity contribution < 1.29 is 0 Å². The topological polar surface area (TPSA) is 0 Å². The molecule has 0 heteroatoms. The summed E-state index contributed by atoms with van der Waals surface area (Å²) in [7, 11) is 0. The van der Waals surface area contributed by atoms with Crippen LogP contribution in [0.1, 0.15) is 260 Å². The Balaban J connectivity index is -0.0000000640. The molecule has 0 aromatic rings. The second-order valence-electron chi connectivity index (χ2n) is 22.0. The van der Waals surface area contributed by atoms with Crippen molar-refractivity contribution in [3.8, 4) is 0 Å². The molecule has 0 N–H and O–H groups in total. The molecule has 0 saturated carbocycles. The molecule has 0 radical (unpaired) electrons. The molecule has 0 aliphatic carbocycles. The number of rotatable bonds is 3. The molecule has 0 aliphatic rings. The fourth-order valence-electron chi connectivity index (χ4n) is 0. The van der Waals surface area contributed by atoms with Gasteiger partial charge in [-0.05, 0) is 56.2 Å². The van der Waals surface area contributed by atoms with Crippen LogP contribution in [0.15, 0.2) is 0 Å². The Kier molecular flexibility index (Phi) is 47.1. The van der Waals surface area contributed by atoms with Crippen molar-refractivity contribution in [2.45, 2.75) is 260 Å². The van der Waals surface area contributed by atoms with Crippen molar-refractivity contribution in [3.63, 3.8) is 0 Å². The first-order valence-corrected chi connectivity index (χ1v) is 20.7. The van der Waals surface area contributed by atoms with Crippen LogP contribution in [0, 0.1) is 56.2 Å². The monoisotopic (exact) mass is 689 g/mol. The summed E-state index contributed by atoms with van der Waals surface area (Å²) in [5.41, 5.74) is 2.96. The van der Waals surface area contributed by atoms with E-state index in [-0.39, 0.29) is 0 Å². The van der Waals surface area contributed by atoms with Gasteiger partial charge in [0, 0.05) is 0 Å². The average Bonchev–Trinajstić information content (AvgIpc) is 2.87. The molecule has 0 nitrogen and oxygen atoms in total. The molecule has 0 aromatic carbocycles. The predicted molar refractivity (Wildman–Crippen MR) is 238 cm³/mol. The molecule has 0 aromatic heterocycles. The predicted octanol–water partition coefficient (Wildman–Crippen LogP) is 19.3. The van der Waals surface area contributed by atoms with Gasteiger partial charge in [-0.3, -0.25) is 0 Å². The molecule has 0 amide bonds. The summed E-state index contributed by atoms with van der Waals surface area (Å²) in [6.45, 7) is 71.7. The van der Waals surface area contributed by atoms with Crippen LogP contribution >= 0.6 is 0 Å². The number of hydrogen-bond acceptors (Lipinski definition) is 0. The minimum Gasteiger partial charge on any atom is -0.0654 e. The highest BCUT2D eigenvalue weighted by molar-refractivity contribution is 4.77. The molecular weight excluding hydrogens is 577 g/mol. The Bertz CT molecular complexity index is 502. The Labute approximate surface area is 315 Å². The molecule has 0 unspecified atom stereocenters. The third kappa shape index (κ3) is 91.0. The Morgan fingerprint density at radius 1 is 0.312 bits per heavy atom. The lowest BCUT2D eigenvalue weighted by atomic mass is 9.71. The van der Waals surface area contributed by atoms with Crippen molar-refractivity contribution in [3.05, 3.63) is 0 Å². The lowest BCUT2D eigenvalue weighted by molar-refractivity contribution is 0.157. The summed E-state index contributed by atoms with van der Waals surface area (Å²) in [6.07, 6.45) is 7.79. The van der Waals surface area contributed by atoms with Gasteiger partial charge in [0.25, 0.3) is 0 Å². The highest BCUT2D eigenvalue weighted by Gasteiger charge is 2.26. The number of unbranched alkanes of at least 4 members (excludes halogenated alkanes) is 1. The Morgan fingerprint density at radius 2 is 0.417 bits per heavy atom. The first-order valence-electron chi connectivity index (χ1n) is 20.7. The van der Waals surface area contributed by atoms with Gasteiger partial charge in [0.05, 0.1) is 0 Å². The first kappa shape index (κ1) is 66.3. The Morgan fingerprint density at radius 3 is 0.417 bits per heavy atom. The van der Waals surface area contributed by atoms with Crippen LogP contribution in [0.5, 0.6) is 0 Å². The van der Waals surface area contributed by atoms with E-state index < -0.39 is 0 Å². The molecule has 0 aliphatic heterocycles. The van der Waals surface area contributed by atoms with E-state index in [4.69, 9.17) is 0 Å². The maximum Gasteiger partial charge on any atom is -0.0334 e. The minimum absolute atomic E-state index is 0.437. The van der Waals surface area contributed by atoms with Gasteiger partial charge in [0.1, 0.15) is 0 Å². The zero-order valence-corrected chi connectivity index (χ0v) is 41.6. The third-order valence-electron chi connectivity index (χ3n) is 9.97. The van der Waals surface area contributed by atoms with Gasteiger partial charge in [-0.15, -0.1) is 0 Å². The van der Waals surface area contributed by atoms with Gasteiger partial charge >= 0.3 is 0 Å². The fraction of sp³-hybridized carbons (Fsp3) is 1.00. The first-order chi connectivity index (χ1) is 20.7. The van der Waals surface area contributed by atoms with E-state index >= 15 is 0 Å². The molecule has 304 valence electrons. The van der Waals surface area contributed by atoms with Crippen molar-refractivity contribution in [2.75, 3.05) is 0 Å². The summed E-state index contributed by atoms with van der Waals surface area (Å²) >= 11 is 0. The van der Waals surface area contributed by atoms with Crippen LogP contribution in [0.2, 0.25) is 0 Å². The average molecular weight is 689 g/mol. The standard InChI is InChI=1S/C8H18.2C7H16.2C6H14.2C5H12.C4H10/c1-7(2,3)8(4,5)6;2*1-6(2)7(3,4)5;2*1-5-6(2,3)4;2*1-4-5(2)3;1-3-4-2/h1-6H3;2*6H,1-5H3;2*5H2,1-4H3;2*5H,4H2,1-3H3;3-4H2,1-2H3. The van der Waals surface area contributed by atoms with E-state index in [0.717, 1.165) is 23.7 Å². The largest absolute Gasteiger partial charge is 0.0654 e. The quantitative estimate of drug-likeness (QED) is 0.277. The van der Waals surface area contributed by atoms with Gasteiger partial charge in [-0.1, -0.05) is 260 Å².